The Bertz CT molecular complexity index is 754. The van der Waals surface area contributed by atoms with Crippen LogP contribution in [0.15, 0.2) is 47.6 Å². The van der Waals surface area contributed by atoms with Crippen LogP contribution in [0.25, 0.3) is 0 Å². The monoisotopic (exact) mass is 394 g/mol. The van der Waals surface area contributed by atoms with E-state index in [0.29, 0.717) is 28.6 Å². The highest BCUT2D eigenvalue weighted by molar-refractivity contribution is 5.39. The molecule has 1 nitrogen and oxygen atoms in total. The Hall–Kier alpha value is -1.08. The molecule has 3 fully saturated rings. The molecule has 0 aromatic rings. The molecule has 0 amide bonds. The summed E-state index contributed by atoms with van der Waals surface area (Å²) in [6.45, 7) is 16.1. The van der Waals surface area contributed by atoms with Crippen molar-refractivity contribution < 1.29 is 5.11 Å². The van der Waals surface area contributed by atoms with Crippen LogP contribution < -0.4 is 0 Å². The van der Waals surface area contributed by atoms with Crippen molar-refractivity contribution in [3.63, 3.8) is 0 Å². The number of hydrogen-bond acceptors (Lipinski definition) is 1. The summed E-state index contributed by atoms with van der Waals surface area (Å²) in [5.74, 6) is 3.36. The van der Waals surface area contributed by atoms with Crippen molar-refractivity contribution >= 4 is 0 Å². The number of allylic oxidation sites excluding steroid dienone is 6. The fraction of sp³-hybridized carbons (Fsp3) is 0.714. The largest absolute Gasteiger partial charge is 0.393 e. The van der Waals surface area contributed by atoms with E-state index in [1.165, 1.54) is 36.8 Å². The zero-order valence-electron chi connectivity index (χ0n) is 19.4. The number of rotatable bonds is 4. The van der Waals surface area contributed by atoms with Crippen LogP contribution in [0, 0.1) is 40.4 Å². The van der Waals surface area contributed by atoms with Gasteiger partial charge in [-0.3, -0.25) is 0 Å². The van der Waals surface area contributed by atoms with Gasteiger partial charge in [0, 0.05) is 0 Å². The lowest BCUT2D eigenvalue weighted by Gasteiger charge is -2.55. The molecule has 0 aromatic heterocycles. The van der Waals surface area contributed by atoms with Crippen LogP contribution in [0.4, 0.5) is 0 Å². The first-order valence-electron chi connectivity index (χ1n) is 12.1. The summed E-state index contributed by atoms with van der Waals surface area (Å²) in [5.41, 5.74) is 5.27. The Kier molecular flexibility index (Phi) is 5.52. The summed E-state index contributed by atoms with van der Waals surface area (Å²) in [6.07, 6.45) is 18.1. The predicted octanol–water partition coefficient (Wildman–Crippen LogP) is 7.25. The van der Waals surface area contributed by atoms with Gasteiger partial charge in [-0.25, -0.2) is 0 Å². The van der Waals surface area contributed by atoms with Crippen molar-refractivity contribution in [2.75, 3.05) is 0 Å². The summed E-state index contributed by atoms with van der Waals surface area (Å²) in [5, 5.41) is 10.2. The molecular weight excluding hydrogens is 352 g/mol. The van der Waals surface area contributed by atoms with Gasteiger partial charge in [0.25, 0.3) is 0 Å². The molecule has 4 aliphatic rings. The van der Waals surface area contributed by atoms with Gasteiger partial charge in [0.2, 0.25) is 0 Å². The highest BCUT2D eigenvalue weighted by Crippen LogP contribution is 2.65. The van der Waals surface area contributed by atoms with E-state index in [2.05, 4.69) is 65.5 Å². The highest BCUT2D eigenvalue weighted by atomic mass is 16.3. The van der Waals surface area contributed by atoms with Gasteiger partial charge in [-0.05, 0) is 92.3 Å². The van der Waals surface area contributed by atoms with Gasteiger partial charge < -0.3 is 5.11 Å². The molecule has 29 heavy (non-hydrogen) atoms. The van der Waals surface area contributed by atoms with Crippen molar-refractivity contribution in [2.45, 2.75) is 85.7 Å². The van der Waals surface area contributed by atoms with Gasteiger partial charge >= 0.3 is 0 Å². The van der Waals surface area contributed by atoms with Crippen LogP contribution in [0.2, 0.25) is 0 Å². The smallest absolute Gasteiger partial charge is 0.0578 e. The first kappa shape index (κ1) is 21.2. The molecule has 8 atom stereocenters. The van der Waals surface area contributed by atoms with E-state index in [-0.39, 0.29) is 6.10 Å². The average Bonchev–Trinajstić information content (AvgIpc) is 3.03. The third-order valence-electron chi connectivity index (χ3n) is 9.73. The molecule has 4 rings (SSSR count). The van der Waals surface area contributed by atoms with Gasteiger partial charge in [-0.15, -0.1) is 0 Å². The minimum absolute atomic E-state index is 0.122. The van der Waals surface area contributed by atoms with E-state index < -0.39 is 0 Å². The molecule has 0 saturated heterocycles. The second-order valence-corrected chi connectivity index (χ2v) is 11.4. The lowest BCUT2D eigenvalue weighted by Crippen LogP contribution is -2.46. The zero-order valence-corrected chi connectivity index (χ0v) is 19.4. The van der Waals surface area contributed by atoms with Crippen molar-refractivity contribution in [1.82, 2.24) is 0 Å². The molecule has 0 radical (unpaired) electrons. The minimum Gasteiger partial charge on any atom is -0.393 e. The van der Waals surface area contributed by atoms with Crippen LogP contribution in [-0.4, -0.2) is 11.2 Å². The van der Waals surface area contributed by atoms with Crippen molar-refractivity contribution in [1.29, 1.82) is 0 Å². The summed E-state index contributed by atoms with van der Waals surface area (Å²) >= 11 is 0. The fourth-order valence-electron chi connectivity index (χ4n) is 7.53. The van der Waals surface area contributed by atoms with Gasteiger partial charge in [-0.1, -0.05) is 75.3 Å². The molecule has 0 aliphatic heterocycles. The van der Waals surface area contributed by atoms with Crippen molar-refractivity contribution in [2.24, 2.45) is 40.4 Å². The minimum atomic E-state index is -0.122. The maximum absolute atomic E-state index is 10.2. The molecule has 4 aliphatic carbocycles. The molecule has 1 heteroatoms. The third kappa shape index (κ3) is 3.42. The van der Waals surface area contributed by atoms with Crippen molar-refractivity contribution in [3.8, 4) is 0 Å². The number of aliphatic hydroxyl groups is 1. The normalized spacial score (nSPS) is 43.7. The second-order valence-electron chi connectivity index (χ2n) is 11.4. The molecule has 0 aromatic carbocycles. The van der Waals surface area contributed by atoms with Crippen molar-refractivity contribution in [3.05, 3.63) is 47.6 Å². The molecule has 0 heterocycles. The van der Waals surface area contributed by atoms with E-state index in [1.807, 2.05) is 0 Å². The quantitative estimate of drug-likeness (QED) is 0.498. The lowest BCUT2D eigenvalue weighted by molar-refractivity contribution is 0.0383. The molecule has 0 bridgehead atoms. The Morgan fingerprint density at radius 1 is 1.07 bits per heavy atom. The number of hydrogen-bond donors (Lipinski definition) is 1. The fourth-order valence-corrected chi connectivity index (χ4v) is 7.53. The van der Waals surface area contributed by atoms with Gasteiger partial charge in [-0.2, -0.15) is 0 Å². The maximum atomic E-state index is 10.2. The van der Waals surface area contributed by atoms with E-state index in [1.54, 1.807) is 5.57 Å². The van der Waals surface area contributed by atoms with Gasteiger partial charge in [0.15, 0.2) is 0 Å². The molecule has 160 valence electrons. The zero-order chi connectivity index (χ0) is 21.0. The van der Waals surface area contributed by atoms with Crippen LogP contribution >= 0.6 is 0 Å². The Labute approximate surface area is 179 Å². The van der Waals surface area contributed by atoms with Gasteiger partial charge in [0.1, 0.15) is 0 Å². The summed E-state index contributed by atoms with van der Waals surface area (Å²) in [6, 6.07) is 0. The molecule has 3 saturated carbocycles. The molecule has 3 unspecified atom stereocenters. The topological polar surface area (TPSA) is 20.2 Å². The lowest BCUT2D eigenvalue weighted by atomic mass is 9.50. The standard InChI is InChI=1S/C28H42O/c1-18(2)19(3)7-8-20(4)24-11-12-25-23-10-9-21-17-22(29)13-15-27(21,5)26(23)14-16-28(24,25)6/h7-10,19-20,22,24-26,29H,1,11-17H2,2-6H3/b8-7+/t19?,20-,22+,24-,25?,26?,27+,28-/m1/s1. The number of aliphatic hydroxyl groups excluding tert-OH is 1. The van der Waals surface area contributed by atoms with E-state index in [0.717, 1.165) is 31.1 Å². The van der Waals surface area contributed by atoms with E-state index in [9.17, 15) is 5.11 Å². The summed E-state index contributed by atoms with van der Waals surface area (Å²) in [4.78, 5) is 0. The summed E-state index contributed by atoms with van der Waals surface area (Å²) in [7, 11) is 0. The first-order chi connectivity index (χ1) is 13.7. The average molecular weight is 395 g/mol. The number of fused-ring (bicyclic) bond motifs is 5. The molecule has 1 N–H and O–H groups in total. The van der Waals surface area contributed by atoms with Crippen LogP contribution in [-0.2, 0) is 0 Å². The Morgan fingerprint density at radius 2 is 1.83 bits per heavy atom. The van der Waals surface area contributed by atoms with Crippen LogP contribution in [0.5, 0.6) is 0 Å². The second kappa shape index (κ2) is 7.56. The molecular formula is C28H42O. The maximum Gasteiger partial charge on any atom is 0.0578 e. The highest BCUT2D eigenvalue weighted by Gasteiger charge is 2.56. The molecule has 0 spiro atoms. The third-order valence-corrected chi connectivity index (χ3v) is 9.73. The summed E-state index contributed by atoms with van der Waals surface area (Å²) < 4.78 is 0. The van der Waals surface area contributed by atoms with E-state index in [4.69, 9.17) is 0 Å². The Morgan fingerprint density at radius 3 is 2.55 bits per heavy atom. The Balaban J connectivity index is 1.57. The first-order valence-corrected chi connectivity index (χ1v) is 12.1. The van der Waals surface area contributed by atoms with E-state index >= 15 is 0 Å². The predicted molar refractivity (Wildman–Crippen MR) is 123 cm³/mol. The van der Waals surface area contributed by atoms with Gasteiger partial charge in [0.05, 0.1) is 6.10 Å². The SMILES string of the molecule is C=C(C)C(C)/C=C/[C@@H](C)[C@H]1CCC2C3=CC=C4C[C@@H](O)CC[C@]4(C)C3CC[C@@]21C. The van der Waals surface area contributed by atoms with Crippen LogP contribution in [0.1, 0.15) is 79.6 Å². The van der Waals surface area contributed by atoms with Crippen LogP contribution in [0.3, 0.4) is 0 Å².